The second kappa shape index (κ2) is 10.0. The van der Waals surface area contributed by atoms with E-state index in [0.717, 1.165) is 0 Å². The molecule has 0 fully saturated rings. The van der Waals surface area contributed by atoms with Gasteiger partial charge in [-0.1, -0.05) is 39.3 Å². The van der Waals surface area contributed by atoms with Gasteiger partial charge in [0.1, 0.15) is 16.1 Å². The number of hydrogen-bond acceptors (Lipinski definition) is 0. The van der Waals surface area contributed by atoms with Crippen LogP contribution >= 0.6 is 12.4 Å². The van der Waals surface area contributed by atoms with Crippen LogP contribution in [0.5, 0.6) is 0 Å². The van der Waals surface area contributed by atoms with Gasteiger partial charge in [0, 0.05) is 19.5 Å². The molecule has 0 aliphatic carbocycles. The van der Waals surface area contributed by atoms with Crippen molar-refractivity contribution in [2.45, 2.75) is 39.3 Å². The Hall–Kier alpha value is 0.467. The molecule has 0 aliphatic rings. The minimum atomic E-state index is -1.10. The van der Waals surface area contributed by atoms with E-state index in [-0.39, 0.29) is 31.9 Å². The first-order chi connectivity index (χ1) is 5.12. The maximum atomic E-state index is 5.12. The number of halogens is 1. The van der Waals surface area contributed by atoms with E-state index in [1.165, 1.54) is 0 Å². The summed E-state index contributed by atoms with van der Waals surface area (Å²) >= 11 is 0. The zero-order valence-electron chi connectivity index (χ0n) is 10.3. The van der Waals surface area contributed by atoms with Crippen molar-refractivity contribution in [3.63, 3.8) is 0 Å². The van der Waals surface area contributed by atoms with Gasteiger partial charge in [-0.3, -0.25) is 0 Å². The average molecular weight is 298 g/mol. The fourth-order valence-corrected chi connectivity index (χ4v) is 0. The van der Waals surface area contributed by atoms with Crippen molar-refractivity contribution in [2.24, 2.45) is 0 Å². The Bertz CT molecular complexity index is 176. The molecule has 0 aromatic carbocycles. The molecule has 0 heterocycles. The fourth-order valence-electron chi connectivity index (χ4n) is 0. The molecular formula is C10H21ClSi2Zn. The Morgan fingerprint density at radius 3 is 0.786 bits per heavy atom. The van der Waals surface area contributed by atoms with Gasteiger partial charge in [-0.05, 0) is 0 Å². The van der Waals surface area contributed by atoms with E-state index >= 15 is 0 Å². The molecule has 0 saturated heterocycles. The van der Waals surface area contributed by atoms with Crippen molar-refractivity contribution in [1.82, 2.24) is 0 Å². The predicted octanol–water partition coefficient (Wildman–Crippen LogP) is 3.41. The van der Waals surface area contributed by atoms with Crippen LogP contribution in [0.4, 0.5) is 0 Å². The third-order valence-corrected chi connectivity index (χ3v) is 2.60. The Labute approximate surface area is 111 Å². The van der Waals surface area contributed by atoms with Gasteiger partial charge in [0.15, 0.2) is 0 Å². The van der Waals surface area contributed by atoms with Crippen molar-refractivity contribution in [3.05, 3.63) is 0 Å². The second-order valence-corrected chi connectivity index (χ2v) is 14.4. The Balaban J connectivity index is -0.0000000625. The van der Waals surface area contributed by atoms with Crippen LogP contribution in [-0.4, -0.2) is 16.1 Å². The molecule has 0 aromatic heterocycles. The Morgan fingerprint density at radius 2 is 0.786 bits per heavy atom. The van der Waals surface area contributed by atoms with Gasteiger partial charge >= 0.3 is 0 Å². The molecule has 78 valence electrons. The second-order valence-electron chi connectivity index (χ2n) is 4.79. The SMILES string of the molecule is C#C[Si](C)(C)C.C#C[Si](C)(C)C.Cl.[Zn]. The van der Waals surface area contributed by atoms with Crippen molar-refractivity contribution >= 4 is 28.6 Å². The van der Waals surface area contributed by atoms with Crippen LogP contribution in [0.15, 0.2) is 0 Å². The summed E-state index contributed by atoms with van der Waals surface area (Å²) in [6.07, 6.45) is 10.2. The van der Waals surface area contributed by atoms with Crippen LogP contribution < -0.4 is 0 Å². The Morgan fingerprint density at radius 1 is 0.714 bits per heavy atom. The summed E-state index contributed by atoms with van der Waals surface area (Å²) in [5.41, 5.74) is 5.49. The van der Waals surface area contributed by atoms with E-state index in [0.29, 0.717) is 0 Å². The molecule has 0 N–H and O–H groups in total. The van der Waals surface area contributed by atoms with Crippen molar-refractivity contribution < 1.29 is 19.5 Å². The molecule has 0 saturated carbocycles. The third kappa shape index (κ3) is 39.2. The summed E-state index contributed by atoms with van der Waals surface area (Å²) in [6.45, 7) is 12.9. The van der Waals surface area contributed by atoms with Gasteiger partial charge in [0.05, 0.1) is 0 Å². The van der Waals surface area contributed by atoms with Gasteiger partial charge in [0.25, 0.3) is 0 Å². The Kier molecular flexibility index (Phi) is 17.1. The number of rotatable bonds is 0. The summed E-state index contributed by atoms with van der Waals surface area (Å²) in [5, 5.41) is 0. The fraction of sp³-hybridized carbons (Fsp3) is 0.600. The maximum absolute atomic E-state index is 5.12. The molecular weight excluding hydrogens is 277 g/mol. The van der Waals surface area contributed by atoms with Crippen LogP contribution in [0.3, 0.4) is 0 Å². The molecule has 0 aromatic rings. The van der Waals surface area contributed by atoms with Gasteiger partial charge in [0.2, 0.25) is 0 Å². The molecule has 0 radical (unpaired) electrons. The predicted molar refractivity (Wildman–Crippen MR) is 71.6 cm³/mol. The molecule has 0 spiro atoms. The van der Waals surface area contributed by atoms with E-state index in [1.807, 2.05) is 0 Å². The summed E-state index contributed by atoms with van der Waals surface area (Å²) in [6, 6.07) is 0. The first kappa shape index (κ1) is 23.9. The van der Waals surface area contributed by atoms with Gasteiger partial charge in [-0.25, -0.2) is 0 Å². The van der Waals surface area contributed by atoms with Crippen molar-refractivity contribution in [1.29, 1.82) is 0 Å². The van der Waals surface area contributed by atoms with E-state index < -0.39 is 16.1 Å². The molecule has 0 atom stereocenters. The van der Waals surface area contributed by atoms with Gasteiger partial charge in [-0.2, -0.15) is 0 Å². The van der Waals surface area contributed by atoms with Crippen LogP contribution in [0.25, 0.3) is 0 Å². The molecule has 0 bridgehead atoms. The standard InChI is InChI=1S/2C5H10Si.ClH.Zn/c2*1-5-6(2,3)4;;/h2*1H,2-4H3;1H;. The van der Waals surface area contributed by atoms with Gasteiger partial charge < -0.3 is 0 Å². The summed E-state index contributed by atoms with van der Waals surface area (Å²) in [7, 11) is -2.21. The van der Waals surface area contributed by atoms with Crippen molar-refractivity contribution in [2.75, 3.05) is 0 Å². The molecule has 0 amide bonds. The van der Waals surface area contributed by atoms with Crippen LogP contribution in [0, 0.1) is 23.9 Å². The summed E-state index contributed by atoms with van der Waals surface area (Å²) in [5.74, 6) is 0. The van der Waals surface area contributed by atoms with Crippen molar-refractivity contribution in [3.8, 4) is 23.9 Å². The van der Waals surface area contributed by atoms with Gasteiger partial charge in [-0.15, -0.1) is 36.3 Å². The van der Waals surface area contributed by atoms with Crippen LogP contribution in [-0.2, 0) is 19.5 Å². The minimum absolute atomic E-state index is 0. The monoisotopic (exact) mass is 296 g/mol. The van der Waals surface area contributed by atoms with E-state index in [2.05, 4.69) is 50.4 Å². The minimum Gasteiger partial charge on any atom is -0.147 e. The molecule has 0 nitrogen and oxygen atoms in total. The smallest absolute Gasteiger partial charge is 0.128 e. The van der Waals surface area contributed by atoms with E-state index in [1.54, 1.807) is 0 Å². The number of hydrogen-bond donors (Lipinski definition) is 0. The number of terminal acetylenes is 2. The summed E-state index contributed by atoms with van der Waals surface area (Å²) < 4.78 is 0. The van der Waals surface area contributed by atoms with Crippen LogP contribution in [0.2, 0.25) is 39.3 Å². The third-order valence-electron chi connectivity index (χ3n) is 0.866. The largest absolute Gasteiger partial charge is 0.147 e. The van der Waals surface area contributed by atoms with E-state index in [9.17, 15) is 0 Å². The van der Waals surface area contributed by atoms with Crippen LogP contribution in [0.1, 0.15) is 0 Å². The van der Waals surface area contributed by atoms with E-state index in [4.69, 9.17) is 12.8 Å². The first-order valence-electron chi connectivity index (χ1n) is 4.08. The molecule has 14 heavy (non-hydrogen) atoms. The molecule has 4 heteroatoms. The average Bonchev–Trinajstić information content (AvgIpc) is 1.86. The topological polar surface area (TPSA) is 0 Å². The zero-order chi connectivity index (χ0) is 10.4. The maximum Gasteiger partial charge on any atom is 0.128 e. The summed E-state index contributed by atoms with van der Waals surface area (Å²) in [4.78, 5) is 0. The normalized spacial score (nSPS) is 8.86. The molecule has 0 rings (SSSR count). The first-order valence-corrected chi connectivity index (χ1v) is 11.1. The zero-order valence-corrected chi connectivity index (χ0v) is 16.1. The molecule has 0 aliphatic heterocycles. The quantitative estimate of drug-likeness (QED) is 0.475. The molecule has 0 unspecified atom stereocenters.